The SMILES string of the molecule is [2H]c1c([2H])c([2H])c(-c2c([2H])c([2H])c([2H])c3sc4c([2H])c(O[B]O)c([2H])c([2H])c4c23)c([2H])c1[2H]. The molecule has 0 saturated carbocycles. The van der Waals surface area contributed by atoms with Gasteiger partial charge in [0.2, 0.25) is 0 Å². The Labute approximate surface area is 148 Å². The Kier molecular flexibility index (Phi) is 1.51. The van der Waals surface area contributed by atoms with Crippen LogP contribution in [0, 0.1) is 0 Å². The molecule has 0 saturated heterocycles. The molecule has 1 N–H and O–H groups in total. The van der Waals surface area contributed by atoms with Gasteiger partial charge in [-0.15, -0.1) is 11.3 Å². The van der Waals surface area contributed by atoms with Crippen molar-refractivity contribution in [2.75, 3.05) is 0 Å². The summed E-state index contributed by atoms with van der Waals surface area (Å²) < 4.78 is 95.5. The van der Waals surface area contributed by atoms with Crippen LogP contribution < -0.4 is 4.65 Å². The second-order valence-electron chi connectivity index (χ2n) is 4.19. The molecular weight excluding hydrogens is 291 g/mol. The first-order valence-electron chi connectivity index (χ1n) is 11.6. The minimum Gasteiger partial charge on any atom is -0.537 e. The van der Waals surface area contributed by atoms with Gasteiger partial charge in [0.15, 0.2) is 0 Å². The fourth-order valence-electron chi connectivity index (χ4n) is 2.11. The van der Waals surface area contributed by atoms with Crippen molar-refractivity contribution < 1.29 is 24.8 Å². The lowest BCUT2D eigenvalue weighted by Gasteiger charge is -2.05. The van der Waals surface area contributed by atoms with Crippen molar-refractivity contribution in [3.8, 4) is 16.9 Å². The number of benzene rings is 3. The topological polar surface area (TPSA) is 29.5 Å². The third-order valence-electron chi connectivity index (χ3n) is 2.97. The van der Waals surface area contributed by atoms with E-state index in [4.69, 9.17) is 24.8 Å². The van der Waals surface area contributed by atoms with Gasteiger partial charge in [0.1, 0.15) is 5.75 Å². The van der Waals surface area contributed by atoms with E-state index in [1.165, 1.54) is 0 Å². The molecule has 0 aliphatic rings. The first-order valence-corrected chi connectivity index (χ1v) is 6.92. The monoisotopic (exact) mass is 314 g/mol. The van der Waals surface area contributed by atoms with E-state index in [0.29, 0.717) is 0 Å². The van der Waals surface area contributed by atoms with Gasteiger partial charge in [-0.1, -0.05) is 42.3 Å². The summed E-state index contributed by atoms with van der Waals surface area (Å²) in [5, 5.41) is 8.91. The van der Waals surface area contributed by atoms with E-state index in [2.05, 4.69) is 0 Å². The average molecular weight is 314 g/mol. The molecule has 1 heterocycles. The van der Waals surface area contributed by atoms with E-state index in [-0.39, 0.29) is 45.0 Å². The van der Waals surface area contributed by atoms with Crippen LogP contribution in [0.2, 0.25) is 0 Å². The van der Waals surface area contributed by atoms with Crippen LogP contribution in [-0.4, -0.2) is 12.7 Å². The quantitative estimate of drug-likeness (QED) is 0.559. The standard InChI is InChI=1S/C18H12BO2S/c20-19-21-13-9-10-15-17(11-13)22-16-8-4-7-14(18(15)16)12-5-2-1-3-6-12/h1-11,20H/i1D,2D,3D,4D,5D,6D,7D,8D,9D,10D,11D. The summed E-state index contributed by atoms with van der Waals surface area (Å²) in [6, 6.07) is -6.10. The molecule has 4 heteroatoms. The third-order valence-corrected chi connectivity index (χ3v) is 3.99. The smallest absolute Gasteiger partial charge is 0.537 e. The normalized spacial score (nSPS) is 18.0. The largest absolute Gasteiger partial charge is 0.569 e. The molecule has 0 unspecified atom stereocenters. The van der Waals surface area contributed by atoms with Gasteiger partial charge < -0.3 is 9.68 Å². The van der Waals surface area contributed by atoms with Gasteiger partial charge in [-0.3, -0.25) is 0 Å². The molecule has 3 aromatic carbocycles. The molecule has 4 rings (SSSR count). The van der Waals surface area contributed by atoms with Gasteiger partial charge in [0.25, 0.3) is 0 Å². The summed E-state index contributed by atoms with van der Waals surface area (Å²) in [6.45, 7) is 0. The minimum absolute atomic E-state index is 0.0222. The van der Waals surface area contributed by atoms with Crippen LogP contribution in [0.15, 0.2) is 66.5 Å². The predicted octanol–water partition coefficient (Wildman–Crippen LogP) is 4.63. The van der Waals surface area contributed by atoms with Crippen molar-refractivity contribution in [1.82, 2.24) is 0 Å². The van der Waals surface area contributed by atoms with Crippen LogP contribution in [-0.2, 0) is 0 Å². The molecule has 2 nitrogen and oxygen atoms in total. The van der Waals surface area contributed by atoms with Gasteiger partial charge in [0.05, 0.1) is 15.1 Å². The van der Waals surface area contributed by atoms with Gasteiger partial charge >= 0.3 is 7.69 Å². The molecule has 0 amide bonds. The molecule has 0 aliphatic carbocycles. The van der Waals surface area contributed by atoms with E-state index in [1.54, 1.807) is 0 Å². The summed E-state index contributed by atoms with van der Waals surface area (Å²) in [5.74, 6) is -0.408. The second kappa shape index (κ2) is 5.48. The Morgan fingerprint density at radius 2 is 1.82 bits per heavy atom. The molecule has 1 aromatic heterocycles. The Morgan fingerprint density at radius 3 is 2.64 bits per heavy atom. The number of fused-ring (bicyclic) bond motifs is 3. The van der Waals surface area contributed by atoms with Gasteiger partial charge in [-0.2, -0.15) is 0 Å². The second-order valence-corrected chi connectivity index (χ2v) is 5.21. The van der Waals surface area contributed by atoms with Gasteiger partial charge in [-0.25, -0.2) is 0 Å². The van der Waals surface area contributed by atoms with Crippen molar-refractivity contribution in [3.63, 3.8) is 0 Å². The van der Waals surface area contributed by atoms with Crippen molar-refractivity contribution in [3.05, 3.63) is 66.5 Å². The van der Waals surface area contributed by atoms with Crippen LogP contribution in [0.1, 0.15) is 15.1 Å². The van der Waals surface area contributed by atoms with E-state index >= 15 is 0 Å². The zero-order chi connectivity index (χ0) is 24.5. The highest BCUT2D eigenvalue weighted by molar-refractivity contribution is 7.26. The minimum atomic E-state index is -0.651. The summed E-state index contributed by atoms with van der Waals surface area (Å²) in [4.78, 5) is 0. The lowest BCUT2D eigenvalue weighted by atomic mass is 9.99. The summed E-state index contributed by atoms with van der Waals surface area (Å²) in [6.07, 6.45) is 0. The highest BCUT2D eigenvalue weighted by atomic mass is 32.1. The van der Waals surface area contributed by atoms with Gasteiger partial charge in [0, 0.05) is 20.2 Å². The van der Waals surface area contributed by atoms with Gasteiger partial charge in [-0.05, 0) is 35.3 Å². The molecule has 1 radical (unpaired) electrons. The Bertz CT molecular complexity index is 1470. The van der Waals surface area contributed by atoms with Crippen molar-refractivity contribution >= 4 is 39.2 Å². The average Bonchev–Trinajstić information content (AvgIpc) is 3.19. The molecule has 105 valence electrons. The summed E-state index contributed by atoms with van der Waals surface area (Å²) >= 11 is 0.822. The maximum atomic E-state index is 8.97. The number of hydrogen-bond donors (Lipinski definition) is 1. The molecule has 4 aromatic rings. The maximum absolute atomic E-state index is 8.97. The highest BCUT2D eigenvalue weighted by Gasteiger charge is 2.11. The van der Waals surface area contributed by atoms with Crippen molar-refractivity contribution in [1.29, 1.82) is 0 Å². The first kappa shape index (κ1) is 6.07. The van der Waals surface area contributed by atoms with Crippen LogP contribution in [0.5, 0.6) is 5.75 Å². The van der Waals surface area contributed by atoms with E-state index in [9.17, 15) is 0 Å². The van der Waals surface area contributed by atoms with Crippen LogP contribution in [0.4, 0.5) is 0 Å². The van der Waals surface area contributed by atoms with E-state index in [1.807, 2.05) is 0 Å². The Balaban J connectivity index is 2.35. The maximum Gasteiger partial charge on any atom is 0.569 e. The zero-order valence-corrected chi connectivity index (χ0v) is 11.7. The number of rotatable bonds is 3. The van der Waals surface area contributed by atoms with Crippen molar-refractivity contribution in [2.45, 2.75) is 0 Å². The van der Waals surface area contributed by atoms with Crippen LogP contribution >= 0.6 is 11.3 Å². The summed E-state index contributed by atoms with van der Waals surface area (Å²) in [7, 11) is 0.266. The van der Waals surface area contributed by atoms with Crippen LogP contribution in [0.25, 0.3) is 31.3 Å². The zero-order valence-electron chi connectivity index (χ0n) is 21.8. The summed E-state index contributed by atoms with van der Waals surface area (Å²) in [5.41, 5.74) is -0.616. The lowest BCUT2D eigenvalue weighted by Crippen LogP contribution is -1.98. The third kappa shape index (κ3) is 2.17. The molecule has 22 heavy (non-hydrogen) atoms. The number of hydrogen-bond acceptors (Lipinski definition) is 3. The Morgan fingerprint density at radius 1 is 0.955 bits per heavy atom. The Hall–Kier alpha value is -2.30. The number of thiophene rings is 1. The fourth-order valence-corrected chi connectivity index (χ4v) is 3.12. The first-order chi connectivity index (χ1) is 15.4. The van der Waals surface area contributed by atoms with E-state index < -0.39 is 66.2 Å². The fraction of sp³-hybridized carbons (Fsp3) is 0. The van der Waals surface area contributed by atoms with Crippen molar-refractivity contribution in [2.24, 2.45) is 0 Å². The predicted molar refractivity (Wildman–Crippen MR) is 93.4 cm³/mol. The van der Waals surface area contributed by atoms with Crippen LogP contribution in [0.3, 0.4) is 0 Å². The molecule has 0 spiro atoms. The highest BCUT2D eigenvalue weighted by Crippen LogP contribution is 2.40. The lowest BCUT2D eigenvalue weighted by molar-refractivity contribution is 0.454. The molecular formula is C18H12BO2S. The molecule has 0 atom stereocenters. The molecule has 0 fully saturated rings. The molecule has 0 bridgehead atoms. The molecule has 0 aliphatic heterocycles. The van der Waals surface area contributed by atoms with E-state index in [0.717, 1.165) is 11.3 Å².